The first-order valence-electron chi connectivity index (χ1n) is 6.83. The van der Waals surface area contributed by atoms with Gasteiger partial charge in [0.05, 0.1) is 20.2 Å². The molecule has 0 aliphatic carbocycles. The number of nitrogens with one attached hydrogen (secondary N) is 1. The molecule has 0 atom stereocenters. The van der Waals surface area contributed by atoms with E-state index in [-0.39, 0.29) is 0 Å². The minimum Gasteiger partial charge on any atom is -0.496 e. The van der Waals surface area contributed by atoms with Gasteiger partial charge in [0.2, 0.25) is 0 Å². The van der Waals surface area contributed by atoms with Crippen molar-refractivity contribution in [1.82, 2.24) is 20.1 Å². The highest BCUT2D eigenvalue weighted by atomic mass is 16.5. The van der Waals surface area contributed by atoms with Crippen LogP contribution in [0.5, 0.6) is 5.75 Å². The van der Waals surface area contributed by atoms with Gasteiger partial charge in [-0.05, 0) is 13.0 Å². The Kier molecular flexibility index (Phi) is 4.74. The Bertz CT molecular complexity index is 563. The van der Waals surface area contributed by atoms with E-state index in [1.54, 1.807) is 13.4 Å². The Morgan fingerprint density at radius 3 is 2.85 bits per heavy atom. The standard InChI is InChI=1S/C15H22N4O/c1-11(2)16-8-15-17-10-19(18-15)9-13-7-12(3)5-6-14(13)20-4/h5-7,10-11,16H,8-9H2,1-4H3. The molecule has 5 heteroatoms. The minimum atomic E-state index is 0.429. The van der Waals surface area contributed by atoms with E-state index in [2.05, 4.69) is 42.2 Å². The van der Waals surface area contributed by atoms with E-state index in [1.807, 2.05) is 16.8 Å². The minimum absolute atomic E-state index is 0.429. The van der Waals surface area contributed by atoms with Gasteiger partial charge in [0.1, 0.15) is 12.1 Å². The van der Waals surface area contributed by atoms with Gasteiger partial charge in [0, 0.05) is 11.6 Å². The van der Waals surface area contributed by atoms with E-state index in [9.17, 15) is 0 Å². The molecule has 0 spiro atoms. The lowest BCUT2D eigenvalue weighted by atomic mass is 10.1. The van der Waals surface area contributed by atoms with Crippen molar-refractivity contribution in [2.24, 2.45) is 0 Å². The maximum Gasteiger partial charge on any atom is 0.164 e. The maximum atomic E-state index is 5.38. The topological polar surface area (TPSA) is 52.0 Å². The summed E-state index contributed by atoms with van der Waals surface area (Å²) in [7, 11) is 1.69. The molecule has 1 N–H and O–H groups in total. The molecule has 108 valence electrons. The number of nitrogens with zero attached hydrogens (tertiary/aromatic N) is 3. The van der Waals surface area contributed by atoms with Crippen LogP contribution in [0, 0.1) is 6.92 Å². The highest BCUT2D eigenvalue weighted by Gasteiger charge is 2.07. The zero-order valence-electron chi connectivity index (χ0n) is 12.6. The third kappa shape index (κ3) is 3.81. The molecule has 20 heavy (non-hydrogen) atoms. The van der Waals surface area contributed by atoms with Gasteiger partial charge in [-0.1, -0.05) is 31.5 Å². The van der Waals surface area contributed by atoms with E-state index >= 15 is 0 Å². The van der Waals surface area contributed by atoms with Crippen molar-refractivity contribution >= 4 is 0 Å². The number of hydrogen-bond acceptors (Lipinski definition) is 4. The van der Waals surface area contributed by atoms with Gasteiger partial charge in [-0.15, -0.1) is 0 Å². The molecular formula is C15H22N4O. The lowest BCUT2D eigenvalue weighted by Gasteiger charge is -2.09. The normalized spacial score (nSPS) is 11.1. The first kappa shape index (κ1) is 14.5. The van der Waals surface area contributed by atoms with Crippen LogP contribution in [0.2, 0.25) is 0 Å². The lowest BCUT2D eigenvalue weighted by molar-refractivity contribution is 0.407. The molecule has 1 aromatic heterocycles. The van der Waals surface area contributed by atoms with Gasteiger partial charge in [-0.25, -0.2) is 9.67 Å². The second-order valence-electron chi connectivity index (χ2n) is 5.21. The van der Waals surface area contributed by atoms with Crippen molar-refractivity contribution < 1.29 is 4.74 Å². The number of rotatable bonds is 6. The molecule has 0 radical (unpaired) electrons. The molecule has 1 heterocycles. The van der Waals surface area contributed by atoms with Crippen LogP contribution in [0.1, 0.15) is 30.8 Å². The fourth-order valence-electron chi connectivity index (χ4n) is 1.99. The van der Waals surface area contributed by atoms with Gasteiger partial charge in [0.25, 0.3) is 0 Å². The maximum absolute atomic E-state index is 5.38. The predicted octanol–water partition coefficient (Wildman–Crippen LogP) is 2.14. The summed E-state index contributed by atoms with van der Waals surface area (Å²) < 4.78 is 7.23. The Hall–Kier alpha value is -1.88. The molecule has 0 saturated carbocycles. The predicted molar refractivity (Wildman–Crippen MR) is 78.8 cm³/mol. The van der Waals surface area contributed by atoms with Crippen LogP contribution in [-0.4, -0.2) is 27.9 Å². The molecule has 0 saturated heterocycles. The molecule has 5 nitrogen and oxygen atoms in total. The second kappa shape index (κ2) is 6.52. The zero-order chi connectivity index (χ0) is 14.5. The fourth-order valence-corrected chi connectivity index (χ4v) is 1.99. The van der Waals surface area contributed by atoms with Crippen LogP contribution in [0.4, 0.5) is 0 Å². The molecule has 0 aliphatic rings. The van der Waals surface area contributed by atoms with E-state index in [1.165, 1.54) is 5.56 Å². The van der Waals surface area contributed by atoms with Crippen molar-refractivity contribution in [3.63, 3.8) is 0 Å². The fraction of sp³-hybridized carbons (Fsp3) is 0.467. The molecule has 2 rings (SSSR count). The molecule has 0 bridgehead atoms. The van der Waals surface area contributed by atoms with Crippen LogP contribution in [0.3, 0.4) is 0 Å². The van der Waals surface area contributed by atoms with Gasteiger partial charge >= 0.3 is 0 Å². The Morgan fingerprint density at radius 2 is 2.15 bits per heavy atom. The summed E-state index contributed by atoms with van der Waals surface area (Å²) >= 11 is 0. The third-order valence-corrected chi connectivity index (χ3v) is 3.02. The quantitative estimate of drug-likeness (QED) is 0.877. The molecule has 0 fully saturated rings. The summed E-state index contributed by atoms with van der Waals surface area (Å²) in [6.07, 6.45) is 1.76. The Labute approximate surface area is 120 Å². The SMILES string of the molecule is COc1ccc(C)cc1Cn1cnc(CNC(C)C)n1. The van der Waals surface area contributed by atoms with Gasteiger partial charge in [-0.3, -0.25) is 0 Å². The third-order valence-electron chi connectivity index (χ3n) is 3.02. The van der Waals surface area contributed by atoms with E-state index < -0.39 is 0 Å². The highest BCUT2D eigenvalue weighted by molar-refractivity contribution is 5.36. The summed E-state index contributed by atoms with van der Waals surface area (Å²) in [4.78, 5) is 4.31. The van der Waals surface area contributed by atoms with Gasteiger partial charge in [-0.2, -0.15) is 5.10 Å². The van der Waals surface area contributed by atoms with E-state index in [0.29, 0.717) is 19.1 Å². The molecule has 0 aliphatic heterocycles. The average Bonchev–Trinajstić information content (AvgIpc) is 2.84. The van der Waals surface area contributed by atoms with Crippen molar-refractivity contribution in [3.05, 3.63) is 41.5 Å². The first-order chi connectivity index (χ1) is 9.58. The van der Waals surface area contributed by atoms with E-state index in [4.69, 9.17) is 4.74 Å². The monoisotopic (exact) mass is 274 g/mol. The van der Waals surface area contributed by atoms with Crippen molar-refractivity contribution in [2.45, 2.75) is 39.9 Å². The Balaban J connectivity index is 2.08. The number of hydrogen-bond donors (Lipinski definition) is 1. The molecule has 0 unspecified atom stereocenters. The summed E-state index contributed by atoms with van der Waals surface area (Å²) in [6.45, 7) is 7.64. The summed E-state index contributed by atoms with van der Waals surface area (Å²) in [5.74, 6) is 1.69. The van der Waals surface area contributed by atoms with Crippen molar-refractivity contribution in [2.75, 3.05) is 7.11 Å². The summed E-state index contributed by atoms with van der Waals surface area (Å²) in [5.41, 5.74) is 2.32. The smallest absolute Gasteiger partial charge is 0.164 e. The number of aryl methyl sites for hydroxylation is 1. The van der Waals surface area contributed by atoms with Crippen LogP contribution in [0.25, 0.3) is 0 Å². The Morgan fingerprint density at radius 1 is 1.35 bits per heavy atom. The van der Waals surface area contributed by atoms with Gasteiger partial charge < -0.3 is 10.1 Å². The van der Waals surface area contributed by atoms with Gasteiger partial charge in [0.15, 0.2) is 5.82 Å². The van der Waals surface area contributed by atoms with Crippen molar-refractivity contribution in [3.8, 4) is 5.75 Å². The average molecular weight is 274 g/mol. The second-order valence-corrected chi connectivity index (χ2v) is 5.21. The number of benzene rings is 1. The first-order valence-corrected chi connectivity index (χ1v) is 6.83. The zero-order valence-corrected chi connectivity index (χ0v) is 12.6. The van der Waals surface area contributed by atoms with Crippen LogP contribution in [0.15, 0.2) is 24.5 Å². The van der Waals surface area contributed by atoms with Crippen LogP contribution >= 0.6 is 0 Å². The number of aromatic nitrogens is 3. The molecule has 1 aromatic carbocycles. The summed E-state index contributed by atoms with van der Waals surface area (Å²) in [5, 5.41) is 7.78. The lowest BCUT2D eigenvalue weighted by Crippen LogP contribution is -2.22. The highest BCUT2D eigenvalue weighted by Crippen LogP contribution is 2.20. The molecule has 0 amide bonds. The molecule has 2 aromatic rings. The van der Waals surface area contributed by atoms with Crippen LogP contribution in [-0.2, 0) is 13.1 Å². The summed E-state index contributed by atoms with van der Waals surface area (Å²) in [6, 6.07) is 6.58. The largest absolute Gasteiger partial charge is 0.496 e. The van der Waals surface area contributed by atoms with Crippen molar-refractivity contribution in [1.29, 1.82) is 0 Å². The molecular weight excluding hydrogens is 252 g/mol. The van der Waals surface area contributed by atoms with Crippen LogP contribution < -0.4 is 10.1 Å². The number of methoxy groups -OCH3 is 1. The van der Waals surface area contributed by atoms with E-state index in [0.717, 1.165) is 17.1 Å². The number of ether oxygens (including phenoxy) is 1.